The van der Waals surface area contributed by atoms with Gasteiger partial charge in [0.25, 0.3) is 0 Å². The van der Waals surface area contributed by atoms with Gasteiger partial charge in [0.1, 0.15) is 0 Å². The lowest BCUT2D eigenvalue weighted by Crippen LogP contribution is -2.26. The van der Waals surface area contributed by atoms with Gasteiger partial charge in [-0.15, -0.1) is 0 Å². The number of carbonyl (C=O) groups is 2. The minimum absolute atomic E-state index is 0.120. The molecule has 0 aromatic rings. The molecule has 1 aliphatic rings. The summed E-state index contributed by atoms with van der Waals surface area (Å²) in [7, 11) is 0. The Morgan fingerprint density at radius 3 is 1.80 bits per heavy atom. The summed E-state index contributed by atoms with van der Waals surface area (Å²) in [5.74, 6) is -0.212. The van der Waals surface area contributed by atoms with Crippen molar-refractivity contribution in [1.82, 2.24) is 0 Å². The van der Waals surface area contributed by atoms with E-state index >= 15 is 0 Å². The van der Waals surface area contributed by atoms with Crippen molar-refractivity contribution in [2.45, 2.75) is 96.5 Å². The summed E-state index contributed by atoms with van der Waals surface area (Å²) in [5.41, 5.74) is 0. The topological polar surface area (TPSA) is 43.4 Å². The third kappa shape index (κ3) is 8.34. The molecule has 3 heteroatoms. The Kier molecular flexibility index (Phi) is 9.35. The molecule has 0 aromatic heterocycles. The van der Waals surface area contributed by atoms with Crippen LogP contribution in [0.5, 0.6) is 0 Å². The summed E-state index contributed by atoms with van der Waals surface area (Å²) in [4.78, 5) is 23.2. The lowest BCUT2D eigenvalue weighted by atomic mass is 10.0. The smallest absolute Gasteiger partial charge is 0.303 e. The second-order valence-electron chi connectivity index (χ2n) is 5.99. The molecule has 0 amide bonds. The third-order valence-electron chi connectivity index (χ3n) is 4.06. The summed E-state index contributed by atoms with van der Waals surface area (Å²) >= 11 is 0. The predicted octanol–water partition coefficient (Wildman–Crippen LogP) is 4.57. The van der Waals surface area contributed by atoms with E-state index in [1.807, 2.05) is 0 Å². The maximum absolute atomic E-state index is 12.1. The van der Waals surface area contributed by atoms with E-state index in [1.54, 1.807) is 0 Å². The fraction of sp³-hybridized carbons (Fsp3) is 0.882. The van der Waals surface area contributed by atoms with Crippen LogP contribution in [0.15, 0.2) is 0 Å². The fourth-order valence-electron chi connectivity index (χ4n) is 2.87. The predicted molar refractivity (Wildman–Crippen MR) is 80.6 cm³/mol. The van der Waals surface area contributed by atoms with Crippen molar-refractivity contribution in [3.63, 3.8) is 0 Å². The summed E-state index contributed by atoms with van der Waals surface area (Å²) in [6.45, 7) is 1.39. The van der Waals surface area contributed by atoms with E-state index in [0.29, 0.717) is 12.8 Å². The first-order valence-electron chi connectivity index (χ1n) is 8.40. The monoisotopic (exact) mass is 282 g/mol. The Labute approximate surface area is 123 Å². The van der Waals surface area contributed by atoms with E-state index in [2.05, 4.69) is 0 Å². The molecule has 1 fully saturated rings. The quantitative estimate of drug-likeness (QED) is 0.661. The zero-order valence-corrected chi connectivity index (χ0v) is 13.0. The van der Waals surface area contributed by atoms with Gasteiger partial charge in [-0.3, -0.25) is 9.59 Å². The number of hydrogen-bond acceptors (Lipinski definition) is 3. The van der Waals surface area contributed by atoms with Gasteiger partial charge in [-0.1, -0.05) is 57.8 Å². The van der Waals surface area contributed by atoms with E-state index in [9.17, 15) is 9.59 Å². The highest BCUT2D eigenvalue weighted by Crippen LogP contribution is 2.17. The molecular formula is C17H30O3. The van der Waals surface area contributed by atoms with Gasteiger partial charge in [-0.05, 0) is 19.3 Å². The average Bonchev–Trinajstić information content (AvgIpc) is 2.41. The van der Waals surface area contributed by atoms with Crippen LogP contribution in [-0.2, 0) is 14.3 Å². The molecule has 3 nitrogen and oxygen atoms in total. The average molecular weight is 282 g/mol. The van der Waals surface area contributed by atoms with Gasteiger partial charge in [0.2, 0.25) is 0 Å². The second-order valence-corrected chi connectivity index (χ2v) is 5.99. The van der Waals surface area contributed by atoms with E-state index in [4.69, 9.17) is 4.74 Å². The van der Waals surface area contributed by atoms with Crippen LogP contribution < -0.4 is 0 Å². The first-order valence-corrected chi connectivity index (χ1v) is 8.40. The summed E-state index contributed by atoms with van der Waals surface area (Å²) in [6, 6.07) is 0. The third-order valence-corrected chi connectivity index (χ3v) is 4.06. The number of carbonyl (C=O) groups excluding carboxylic acids is 2. The van der Waals surface area contributed by atoms with Crippen molar-refractivity contribution in [2.24, 2.45) is 0 Å². The number of ether oxygens (including phenoxy) is 1. The zero-order chi connectivity index (χ0) is 14.6. The number of ketones is 1. The number of esters is 1. The number of rotatable bonds is 1. The zero-order valence-electron chi connectivity index (χ0n) is 13.0. The van der Waals surface area contributed by atoms with Crippen molar-refractivity contribution in [3.05, 3.63) is 0 Å². The molecule has 0 aliphatic heterocycles. The highest BCUT2D eigenvalue weighted by Gasteiger charge is 2.20. The Bertz CT molecular complexity index is 286. The second kappa shape index (κ2) is 10.9. The SMILES string of the molecule is CC(=O)OC1CCCCCCCCCCCCCC1=O. The molecule has 0 aromatic carbocycles. The highest BCUT2D eigenvalue weighted by molar-refractivity contribution is 5.85. The minimum Gasteiger partial charge on any atom is -0.455 e. The van der Waals surface area contributed by atoms with Crippen molar-refractivity contribution in [1.29, 1.82) is 0 Å². The standard InChI is InChI=1S/C17H30O3/c1-15(18)20-17-14-12-10-8-6-4-2-3-5-7-9-11-13-16(17)19/h17H,2-14H2,1H3. The fourth-order valence-corrected chi connectivity index (χ4v) is 2.87. The van der Waals surface area contributed by atoms with Crippen LogP contribution in [0.2, 0.25) is 0 Å². The van der Waals surface area contributed by atoms with Gasteiger partial charge >= 0.3 is 5.97 Å². The maximum Gasteiger partial charge on any atom is 0.303 e. The molecule has 0 bridgehead atoms. The Morgan fingerprint density at radius 1 is 0.850 bits per heavy atom. The van der Waals surface area contributed by atoms with Crippen LogP contribution >= 0.6 is 0 Å². The van der Waals surface area contributed by atoms with Gasteiger partial charge in [0.15, 0.2) is 11.9 Å². The van der Waals surface area contributed by atoms with E-state index < -0.39 is 6.10 Å². The van der Waals surface area contributed by atoms with Crippen molar-refractivity contribution in [3.8, 4) is 0 Å². The van der Waals surface area contributed by atoms with Crippen LogP contribution in [0, 0.1) is 0 Å². The highest BCUT2D eigenvalue weighted by atomic mass is 16.5. The largest absolute Gasteiger partial charge is 0.455 e. The lowest BCUT2D eigenvalue weighted by molar-refractivity contribution is -0.153. The molecule has 0 heterocycles. The molecule has 0 N–H and O–H groups in total. The van der Waals surface area contributed by atoms with Crippen molar-refractivity contribution < 1.29 is 14.3 Å². The van der Waals surface area contributed by atoms with Crippen molar-refractivity contribution in [2.75, 3.05) is 0 Å². The summed E-state index contributed by atoms with van der Waals surface area (Å²) < 4.78 is 5.20. The lowest BCUT2D eigenvalue weighted by Gasteiger charge is -2.15. The van der Waals surface area contributed by atoms with Gasteiger partial charge in [-0.25, -0.2) is 0 Å². The normalized spacial score (nSPS) is 24.4. The van der Waals surface area contributed by atoms with Gasteiger partial charge in [0, 0.05) is 13.3 Å². The molecule has 116 valence electrons. The van der Waals surface area contributed by atoms with E-state index in [0.717, 1.165) is 25.7 Å². The number of Topliss-reactive ketones (excluding diaryl/α,β-unsaturated/α-hetero) is 1. The molecule has 1 unspecified atom stereocenters. The minimum atomic E-state index is -0.488. The van der Waals surface area contributed by atoms with Gasteiger partial charge in [0.05, 0.1) is 0 Å². The first kappa shape index (κ1) is 17.2. The Hall–Kier alpha value is -0.860. The molecule has 0 saturated heterocycles. The van der Waals surface area contributed by atoms with Crippen LogP contribution in [0.4, 0.5) is 0 Å². The Morgan fingerprint density at radius 2 is 1.30 bits per heavy atom. The molecule has 1 aliphatic carbocycles. The molecule has 20 heavy (non-hydrogen) atoms. The molecule has 0 spiro atoms. The van der Waals surface area contributed by atoms with Crippen LogP contribution in [0.1, 0.15) is 90.4 Å². The first-order chi connectivity index (χ1) is 9.70. The molecule has 1 atom stereocenters. The van der Waals surface area contributed by atoms with Crippen LogP contribution in [0.25, 0.3) is 0 Å². The van der Waals surface area contributed by atoms with Gasteiger partial charge < -0.3 is 4.74 Å². The molecule has 1 saturated carbocycles. The summed E-state index contributed by atoms with van der Waals surface area (Å²) in [5, 5.41) is 0. The summed E-state index contributed by atoms with van der Waals surface area (Å²) in [6.07, 6.45) is 14.1. The van der Waals surface area contributed by atoms with Crippen molar-refractivity contribution >= 4 is 11.8 Å². The Balaban J connectivity index is 2.42. The molecular weight excluding hydrogens is 252 g/mol. The number of hydrogen-bond donors (Lipinski definition) is 0. The van der Waals surface area contributed by atoms with Crippen LogP contribution in [-0.4, -0.2) is 17.9 Å². The maximum atomic E-state index is 12.1. The molecule has 0 radical (unpaired) electrons. The van der Waals surface area contributed by atoms with E-state index in [1.165, 1.54) is 51.9 Å². The van der Waals surface area contributed by atoms with Gasteiger partial charge in [-0.2, -0.15) is 0 Å². The molecule has 1 rings (SSSR count). The van der Waals surface area contributed by atoms with E-state index in [-0.39, 0.29) is 11.8 Å². The van der Waals surface area contributed by atoms with Crippen LogP contribution in [0.3, 0.4) is 0 Å².